The zero-order valence-corrected chi connectivity index (χ0v) is 42.5. The first-order valence-corrected chi connectivity index (χ1v) is 24.6. The number of halogens is 1. The number of nitriles is 1. The molecule has 0 saturated carbocycles. The van der Waals surface area contributed by atoms with E-state index in [0.717, 1.165) is 28.1 Å². The van der Waals surface area contributed by atoms with Crippen molar-refractivity contribution >= 4 is 46.6 Å². The number of likely N-dealkylation sites (tertiary alicyclic amines) is 1. The predicted molar refractivity (Wildman–Crippen MR) is 271 cm³/mol. The Kier molecular flexibility index (Phi) is 21.8. The van der Waals surface area contributed by atoms with E-state index < -0.39 is 0 Å². The molecule has 376 valence electrons. The Morgan fingerprint density at radius 3 is 1.90 bits per heavy atom. The Morgan fingerprint density at radius 1 is 0.800 bits per heavy atom. The minimum absolute atomic E-state index is 0.000788. The molecule has 16 heteroatoms. The predicted octanol–water partition coefficient (Wildman–Crippen LogP) is 8.06. The summed E-state index contributed by atoms with van der Waals surface area (Å²) in [6.45, 7) is 18.8. The highest BCUT2D eigenvalue weighted by molar-refractivity contribution is 6.30. The molecular weight excluding hydrogens is 912 g/mol. The van der Waals surface area contributed by atoms with E-state index in [2.05, 4.69) is 27.6 Å². The number of ether oxygens (including phenoxy) is 5. The normalized spacial score (nSPS) is 17.9. The van der Waals surface area contributed by atoms with Crippen molar-refractivity contribution in [2.45, 2.75) is 66.8 Å². The number of carbonyl (C=O) groups excluding carboxylic acids is 4. The fourth-order valence-electron chi connectivity index (χ4n) is 8.52. The molecule has 2 heterocycles. The number of allylic oxidation sites excluding steroid dienone is 1. The molecule has 0 radical (unpaired) electrons. The summed E-state index contributed by atoms with van der Waals surface area (Å²) in [5.41, 5.74) is 4.80. The van der Waals surface area contributed by atoms with Crippen molar-refractivity contribution in [2.24, 2.45) is 23.2 Å². The second kappa shape index (κ2) is 27.7. The van der Waals surface area contributed by atoms with Crippen LogP contribution in [0.1, 0.15) is 76.7 Å². The van der Waals surface area contributed by atoms with Crippen LogP contribution in [0.25, 0.3) is 16.0 Å². The lowest BCUT2D eigenvalue weighted by atomic mass is 9.85. The van der Waals surface area contributed by atoms with Crippen LogP contribution >= 0.6 is 11.6 Å². The first kappa shape index (κ1) is 55.3. The highest BCUT2D eigenvalue weighted by Gasteiger charge is 2.42. The Labute approximate surface area is 418 Å². The molecule has 2 N–H and O–H groups in total. The molecule has 0 bridgehead atoms. The number of carbonyl (C=O) groups is 4. The minimum Gasteiger partial charge on any atom is -0.377 e. The standard InChI is InChI=1S/C54H69ClN6O9/c1-37(2)48-35-60(53(65)44(33-56)32-54(5,6)7)36-49(48)52(64)58-19-21-67-23-25-69-27-29-70-28-26-68-24-22-66-20-18-57-51(63)41-10-8-40(9-11-41)42-12-17-50-47(31-42)43(30-38(3)61(50)39(4)62)34-59-46-15-13-45(55)14-16-46/h8-17,31-32,37-38,43,48-49H,18-30,35-36H2,1-7H3,(H-,57,58,63,64)/p+1/b44-32+/t38-,43?,48-,49+/m0/s1. The van der Waals surface area contributed by atoms with E-state index in [1.165, 1.54) is 0 Å². The van der Waals surface area contributed by atoms with Crippen LogP contribution in [0, 0.1) is 40.6 Å². The summed E-state index contributed by atoms with van der Waals surface area (Å²) >= 11 is 6.05. The summed E-state index contributed by atoms with van der Waals surface area (Å²) in [7, 11) is 0. The lowest BCUT2D eigenvalue weighted by Gasteiger charge is -2.36. The van der Waals surface area contributed by atoms with Gasteiger partial charge in [-0.15, -0.1) is 0 Å². The molecule has 70 heavy (non-hydrogen) atoms. The number of fused-ring (bicyclic) bond motifs is 1. The number of nitrogens with one attached hydrogen (secondary N) is 2. The highest BCUT2D eigenvalue weighted by Crippen LogP contribution is 2.41. The fourth-order valence-corrected chi connectivity index (χ4v) is 8.64. The van der Waals surface area contributed by atoms with Crippen LogP contribution in [-0.4, -0.2) is 127 Å². The van der Waals surface area contributed by atoms with E-state index in [1.807, 2.05) is 88.9 Å². The number of benzene rings is 3. The van der Waals surface area contributed by atoms with E-state index in [4.69, 9.17) is 35.3 Å². The summed E-state index contributed by atoms with van der Waals surface area (Å²) < 4.78 is 27.9. The number of hydrogen-bond acceptors (Lipinski definition) is 10. The summed E-state index contributed by atoms with van der Waals surface area (Å²) in [6.07, 6.45) is 2.37. The number of nitrogens with zero attached hydrogens (tertiary/aromatic N) is 4. The van der Waals surface area contributed by atoms with Gasteiger partial charge in [0.15, 0.2) is 0 Å². The molecule has 15 nitrogen and oxygen atoms in total. The van der Waals surface area contributed by atoms with E-state index in [1.54, 1.807) is 42.2 Å². The third-order valence-electron chi connectivity index (χ3n) is 12.0. The van der Waals surface area contributed by atoms with Gasteiger partial charge in [0.25, 0.3) is 17.9 Å². The molecular formula is C54H70ClN6O9+. The van der Waals surface area contributed by atoms with Gasteiger partial charge in [0.2, 0.25) is 11.8 Å². The molecule has 4 amide bonds. The summed E-state index contributed by atoms with van der Waals surface area (Å²) in [4.78, 5) is 59.8. The van der Waals surface area contributed by atoms with Gasteiger partial charge in [0.05, 0.1) is 72.0 Å². The molecule has 0 spiro atoms. The van der Waals surface area contributed by atoms with E-state index in [0.29, 0.717) is 103 Å². The molecule has 1 saturated heterocycles. The first-order valence-electron chi connectivity index (χ1n) is 24.2. The van der Waals surface area contributed by atoms with Gasteiger partial charge in [-0.05, 0) is 88.5 Å². The van der Waals surface area contributed by atoms with Crippen LogP contribution < -0.4 is 15.5 Å². The molecule has 5 rings (SSSR count). The van der Waals surface area contributed by atoms with Gasteiger partial charge in [-0.1, -0.05) is 70.5 Å². The zero-order valence-electron chi connectivity index (χ0n) is 41.8. The minimum atomic E-state index is -0.350. The summed E-state index contributed by atoms with van der Waals surface area (Å²) in [6, 6.07) is 26.1. The quantitative estimate of drug-likeness (QED) is 0.0538. The summed E-state index contributed by atoms with van der Waals surface area (Å²) in [5.74, 6) is -0.929. The third kappa shape index (κ3) is 17.0. The van der Waals surface area contributed by atoms with Crippen LogP contribution in [-0.2, 0) is 38.1 Å². The largest absolute Gasteiger partial charge is 0.377 e. The maximum atomic E-state index is 13.1. The topological polar surface area (TPSA) is 173 Å². The number of rotatable bonds is 23. The van der Waals surface area contributed by atoms with Crippen molar-refractivity contribution in [1.82, 2.24) is 15.5 Å². The SMILES string of the molecule is CC(=O)N1c2ccc(-c3ccc(C(=O)NCCOCCOCCOCCOCCOCCNC(=O)[C@@H]4CN(C(=O)/C(C#N)=C/C(C)(C)C)C[C@H]4C(C)C)cc3)cc2C(C#[N+]c2ccc(Cl)cc2)C[C@@H]1C. The Morgan fingerprint density at radius 2 is 1.36 bits per heavy atom. The van der Waals surface area contributed by atoms with E-state index in [-0.39, 0.29) is 70.9 Å². The second-order valence-electron chi connectivity index (χ2n) is 19.0. The molecule has 3 aromatic rings. The monoisotopic (exact) mass is 981 g/mol. The van der Waals surface area contributed by atoms with Crippen molar-refractivity contribution in [3.05, 3.63) is 99.4 Å². The van der Waals surface area contributed by atoms with Crippen LogP contribution in [0.4, 0.5) is 11.4 Å². The van der Waals surface area contributed by atoms with E-state index >= 15 is 0 Å². The average Bonchev–Trinajstić information content (AvgIpc) is 3.79. The molecule has 3 aromatic carbocycles. The highest BCUT2D eigenvalue weighted by atomic mass is 35.5. The second-order valence-corrected chi connectivity index (χ2v) is 19.4. The number of hydrogen-bond donors (Lipinski definition) is 2. The van der Waals surface area contributed by atoms with Gasteiger partial charge in [0.1, 0.15) is 17.6 Å². The molecule has 2 aliphatic heterocycles. The Bertz CT molecular complexity index is 2350. The molecule has 0 aromatic heterocycles. The van der Waals surface area contributed by atoms with Crippen LogP contribution in [0.15, 0.2) is 78.4 Å². The van der Waals surface area contributed by atoms with Crippen molar-refractivity contribution in [3.8, 4) is 23.3 Å². The molecule has 2 aliphatic rings. The fraction of sp³-hybridized carbons (Fsp3) is 0.519. The maximum absolute atomic E-state index is 13.1. The average molecular weight is 983 g/mol. The smallest absolute Gasteiger partial charge is 0.340 e. The van der Waals surface area contributed by atoms with Crippen molar-refractivity contribution in [2.75, 3.05) is 97.1 Å². The van der Waals surface area contributed by atoms with Crippen LogP contribution in [0.5, 0.6) is 0 Å². The Hall–Kier alpha value is -5.65. The van der Waals surface area contributed by atoms with Crippen molar-refractivity contribution < 1.29 is 42.9 Å². The number of anilines is 1. The molecule has 1 fully saturated rings. The Balaban J connectivity index is 0.878. The van der Waals surface area contributed by atoms with Crippen LogP contribution in [0.2, 0.25) is 5.02 Å². The zero-order chi connectivity index (χ0) is 50.6. The van der Waals surface area contributed by atoms with Gasteiger partial charge in [0, 0.05) is 67.6 Å². The lowest BCUT2D eigenvalue weighted by molar-refractivity contribution is -0.127. The molecule has 4 atom stereocenters. The van der Waals surface area contributed by atoms with Crippen LogP contribution in [0.3, 0.4) is 0 Å². The number of amides is 4. The maximum Gasteiger partial charge on any atom is 0.340 e. The third-order valence-corrected chi connectivity index (χ3v) is 12.3. The van der Waals surface area contributed by atoms with Gasteiger partial charge in [-0.3, -0.25) is 19.2 Å². The van der Waals surface area contributed by atoms with Crippen molar-refractivity contribution in [1.29, 1.82) is 5.26 Å². The van der Waals surface area contributed by atoms with Gasteiger partial charge in [-0.25, -0.2) is 0 Å². The first-order chi connectivity index (χ1) is 33.6. The van der Waals surface area contributed by atoms with Gasteiger partial charge >= 0.3 is 5.69 Å². The van der Waals surface area contributed by atoms with E-state index in [9.17, 15) is 24.4 Å². The van der Waals surface area contributed by atoms with Crippen molar-refractivity contribution in [3.63, 3.8) is 0 Å². The summed E-state index contributed by atoms with van der Waals surface area (Å²) in [5, 5.41) is 16.1. The lowest BCUT2D eigenvalue weighted by Crippen LogP contribution is -2.41. The van der Waals surface area contributed by atoms with Gasteiger partial charge < -0.3 is 44.1 Å². The molecule has 1 unspecified atom stereocenters. The van der Waals surface area contributed by atoms with Gasteiger partial charge in [-0.2, -0.15) is 5.26 Å². The molecule has 0 aliphatic carbocycles.